The van der Waals surface area contributed by atoms with Crippen LogP contribution in [0.5, 0.6) is 5.75 Å². The quantitative estimate of drug-likeness (QED) is 0.888. The molecule has 2 rings (SSSR count). The van der Waals surface area contributed by atoms with E-state index in [4.69, 9.17) is 10.5 Å². The Morgan fingerprint density at radius 3 is 2.50 bits per heavy atom. The fourth-order valence-corrected chi connectivity index (χ4v) is 1.85. The standard InChI is InChI=1S/C14H16N2O2/c1-16-9-3-4-12(14(16)17)13(15)10-5-7-11(18-2)8-6-10/h3-9,13H,15H2,1-2H3. The van der Waals surface area contributed by atoms with Gasteiger partial charge in [-0.3, -0.25) is 4.79 Å². The molecule has 1 atom stereocenters. The van der Waals surface area contributed by atoms with Gasteiger partial charge in [-0.25, -0.2) is 0 Å². The average molecular weight is 244 g/mol. The third-order valence-electron chi connectivity index (χ3n) is 2.96. The molecule has 0 amide bonds. The Kier molecular flexibility index (Phi) is 3.48. The lowest BCUT2D eigenvalue weighted by Gasteiger charge is -2.13. The molecule has 1 aromatic heterocycles. The van der Waals surface area contributed by atoms with E-state index in [9.17, 15) is 4.79 Å². The van der Waals surface area contributed by atoms with Gasteiger partial charge in [-0.2, -0.15) is 0 Å². The first kappa shape index (κ1) is 12.4. The molecule has 0 fully saturated rings. The molecule has 94 valence electrons. The summed E-state index contributed by atoms with van der Waals surface area (Å²) in [6.07, 6.45) is 1.71. The van der Waals surface area contributed by atoms with Gasteiger partial charge in [0, 0.05) is 18.8 Å². The lowest BCUT2D eigenvalue weighted by atomic mass is 10.0. The van der Waals surface area contributed by atoms with Crippen molar-refractivity contribution in [3.05, 3.63) is 64.1 Å². The maximum atomic E-state index is 12.0. The molecule has 1 heterocycles. The van der Waals surface area contributed by atoms with Gasteiger partial charge in [0.1, 0.15) is 5.75 Å². The summed E-state index contributed by atoms with van der Waals surface area (Å²) in [5, 5.41) is 0. The van der Waals surface area contributed by atoms with Crippen molar-refractivity contribution in [1.82, 2.24) is 4.57 Å². The van der Waals surface area contributed by atoms with Crippen molar-refractivity contribution in [1.29, 1.82) is 0 Å². The van der Waals surface area contributed by atoms with Gasteiger partial charge < -0.3 is 15.0 Å². The molecule has 2 N–H and O–H groups in total. The first-order valence-corrected chi connectivity index (χ1v) is 5.68. The van der Waals surface area contributed by atoms with Gasteiger partial charge in [-0.05, 0) is 23.8 Å². The van der Waals surface area contributed by atoms with E-state index in [0.29, 0.717) is 5.56 Å². The molecule has 0 bridgehead atoms. The second-order valence-corrected chi connectivity index (χ2v) is 4.13. The molecule has 0 aliphatic carbocycles. The fourth-order valence-electron chi connectivity index (χ4n) is 1.85. The molecule has 0 spiro atoms. The number of hydrogen-bond donors (Lipinski definition) is 1. The Morgan fingerprint density at radius 1 is 1.22 bits per heavy atom. The van der Waals surface area contributed by atoms with E-state index in [2.05, 4.69) is 0 Å². The van der Waals surface area contributed by atoms with Crippen LogP contribution in [0.1, 0.15) is 17.2 Å². The molecule has 0 aliphatic rings. The molecule has 0 aliphatic heterocycles. The van der Waals surface area contributed by atoms with Crippen molar-refractivity contribution in [2.24, 2.45) is 12.8 Å². The maximum Gasteiger partial charge on any atom is 0.255 e. The van der Waals surface area contributed by atoms with Crippen molar-refractivity contribution in [3.63, 3.8) is 0 Å². The van der Waals surface area contributed by atoms with Crippen molar-refractivity contribution < 1.29 is 4.74 Å². The Balaban J connectivity index is 2.38. The highest BCUT2D eigenvalue weighted by Gasteiger charge is 2.13. The Labute approximate surface area is 106 Å². The Hall–Kier alpha value is -2.07. The average Bonchev–Trinajstić information content (AvgIpc) is 2.41. The van der Waals surface area contributed by atoms with E-state index in [1.165, 1.54) is 4.57 Å². The molecular weight excluding hydrogens is 228 g/mol. The highest BCUT2D eigenvalue weighted by atomic mass is 16.5. The third kappa shape index (κ3) is 2.28. The summed E-state index contributed by atoms with van der Waals surface area (Å²) >= 11 is 0. The second-order valence-electron chi connectivity index (χ2n) is 4.13. The minimum Gasteiger partial charge on any atom is -0.497 e. The number of rotatable bonds is 3. The van der Waals surface area contributed by atoms with Crippen LogP contribution in [0.2, 0.25) is 0 Å². The van der Waals surface area contributed by atoms with Crippen LogP contribution in [-0.2, 0) is 7.05 Å². The normalized spacial score (nSPS) is 12.2. The summed E-state index contributed by atoms with van der Waals surface area (Å²) in [5.41, 5.74) is 7.53. The number of aryl methyl sites for hydroxylation is 1. The van der Waals surface area contributed by atoms with E-state index >= 15 is 0 Å². The topological polar surface area (TPSA) is 57.2 Å². The molecular formula is C14H16N2O2. The largest absolute Gasteiger partial charge is 0.497 e. The number of methoxy groups -OCH3 is 1. The van der Waals surface area contributed by atoms with Gasteiger partial charge in [0.05, 0.1) is 13.2 Å². The highest BCUT2D eigenvalue weighted by molar-refractivity contribution is 5.34. The monoisotopic (exact) mass is 244 g/mol. The number of nitrogens with two attached hydrogens (primary N) is 1. The molecule has 18 heavy (non-hydrogen) atoms. The van der Waals surface area contributed by atoms with E-state index in [-0.39, 0.29) is 5.56 Å². The maximum absolute atomic E-state index is 12.0. The van der Waals surface area contributed by atoms with Crippen LogP contribution in [0, 0.1) is 0 Å². The summed E-state index contributed by atoms with van der Waals surface area (Å²) in [6.45, 7) is 0. The van der Waals surface area contributed by atoms with Gasteiger partial charge >= 0.3 is 0 Å². The zero-order valence-electron chi connectivity index (χ0n) is 10.5. The third-order valence-corrected chi connectivity index (χ3v) is 2.96. The lowest BCUT2D eigenvalue weighted by molar-refractivity contribution is 0.414. The van der Waals surface area contributed by atoms with Crippen molar-refractivity contribution in [2.45, 2.75) is 6.04 Å². The van der Waals surface area contributed by atoms with Crippen LogP contribution in [0.15, 0.2) is 47.4 Å². The first-order chi connectivity index (χ1) is 8.63. The summed E-state index contributed by atoms with van der Waals surface area (Å²) in [5.74, 6) is 0.770. The summed E-state index contributed by atoms with van der Waals surface area (Å²) < 4.78 is 6.62. The summed E-state index contributed by atoms with van der Waals surface area (Å²) in [6, 6.07) is 10.6. The molecule has 0 saturated heterocycles. The zero-order chi connectivity index (χ0) is 13.1. The smallest absolute Gasteiger partial charge is 0.255 e. The lowest BCUT2D eigenvalue weighted by Crippen LogP contribution is -2.26. The molecule has 4 heteroatoms. The van der Waals surface area contributed by atoms with Crippen LogP contribution in [0.25, 0.3) is 0 Å². The fraction of sp³-hybridized carbons (Fsp3) is 0.214. The van der Waals surface area contributed by atoms with E-state index in [1.54, 1.807) is 26.4 Å². The van der Waals surface area contributed by atoms with Crippen LogP contribution < -0.4 is 16.0 Å². The van der Waals surface area contributed by atoms with Crippen LogP contribution >= 0.6 is 0 Å². The number of ether oxygens (including phenoxy) is 1. The molecule has 0 saturated carbocycles. The number of nitrogens with zero attached hydrogens (tertiary/aromatic N) is 1. The van der Waals surface area contributed by atoms with Gasteiger partial charge in [0.25, 0.3) is 5.56 Å². The van der Waals surface area contributed by atoms with Gasteiger partial charge in [-0.1, -0.05) is 18.2 Å². The zero-order valence-corrected chi connectivity index (χ0v) is 10.5. The summed E-state index contributed by atoms with van der Waals surface area (Å²) in [4.78, 5) is 12.0. The molecule has 1 unspecified atom stereocenters. The molecule has 1 aromatic carbocycles. The van der Waals surface area contributed by atoms with Crippen LogP contribution in [0.3, 0.4) is 0 Å². The number of pyridine rings is 1. The second kappa shape index (κ2) is 5.06. The van der Waals surface area contributed by atoms with E-state index in [0.717, 1.165) is 11.3 Å². The minimum absolute atomic E-state index is 0.0687. The Morgan fingerprint density at radius 2 is 1.89 bits per heavy atom. The SMILES string of the molecule is COc1ccc(C(N)c2cccn(C)c2=O)cc1. The Bertz CT molecular complexity index is 587. The number of benzene rings is 1. The van der Waals surface area contributed by atoms with Crippen molar-refractivity contribution in [3.8, 4) is 5.75 Å². The van der Waals surface area contributed by atoms with E-state index in [1.807, 2.05) is 30.3 Å². The van der Waals surface area contributed by atoms with Gasteiger partial charge in [0.2, 0.25) is 0 Å². The van der Waals surface area contributed by atoms with Crippen LogP contribution in [-0.4, -0.2) is 11.7 Å². The highest BCUT2D eigenvalue weighted by Crippen LogP contribution is 2.19. The van der Waals surface area contributed by atoms with E-state index < -0.39 is 6.04 Å². The number of hydrogen-bond acceptors (Lipinski definition) is 3. The predicted octanol–water partition coefficient (Wildman–Crippen LogP) is 1.44. The molecule has 0 radical (unpaired) electrons. The predicted molar refractivity (Wildman–Crippen MR) is 70.7 cm³/mol. The first-order valence-electron chi connectivity index (χ1n) is 5.68. The summed E-state index contributed by atoms with van der Waals surface area (Å²) in [7, 11) is 3.33. The van der Waals surface area contributed by atoms with Gasteiger partial charge in [-0.15, -0.1) is 0 Å². The minimum atomic E-state index is -0.421. The van der Waals surface area contributed by atoms with Crippen LogP contribution in [0.4, 0.5) is 0 Å². The van der Waals surface area contributed by atoms with Crippen molar-refractivity contribution >= 4 is 0 Å². The molecule has 2 aromatic rings. The van der Waals surface area contributed by atoms with Crippen molar-refractivity contribution in [2.75, 3.05) is 7.11 Å². The molecule has 4 nitrogen and oxygen atoms in total. The number of aromatic nitrogens is 1. The van der Waals surface area contributed by atoms with Gasteiger partial charge in [0.15, 0.2) is 0 Å².